The van der Waals surface area contributed by atoms with E-state index in [4.69, 9.17) is 10.8 Å². The van der Waals surface area contributed by atoms with Gasteiger partial charge in [0.05, 0.1) is 6.42 Å². The minimum absolute atomic E-state index is 0.0457. The zero-order valence-corrected chi connectivity index (χ0v) is 13.6. The van der Waals surface area contributed by atoms with Gasteiger partial charge < -0.3 is 15.8 Å². The van der Waals surface area contributed by atoms with Crippen LogP contribution >= 0.6 is 0 Å². The zero-order valence-electron chi connectivity index (χ0n) is 13.6. The maximum Gasteiger partial charge on any atom is 0.307 e. The van der Waals surface area contributed by atoms with Crippen LogP contribution in [0, 0.1) is 0 Å². The van der Waals surface area contributed by atoms with E-state index in [1.807, 2.05) is 36.4 Å². The highest BCUT2D eigenvalue weighted by Crippen LogP contribution is 2.32. The first-order valence-corrected chi connectivity index (χ1v) is 8.30. The minimum Gasteiger partial charge on any atom is -0.481 e. The summed E-state index contributed by atoms with van der Waals surface area (Å²) in [6.07, 6.45) is 2.98. The lowest BCUT2D eigenvalue weighted by molar-refractivity contribution is -0.136. The Hall–Kier alpha value is -2.59. The van der Waals surface area contributed by atoms with Gasteiger partial charge in [0.1, 0.15) is 0 Å². The number of H-pyrrole nitrogens is 1. The molecule has 1 aromatic heterocycles. The number of nitrogens with one attached hydrogen (secondary N) is 1. The summed E-state index contributed by atoms with van der Waals surface area (Å²) in [7, 11) is 0. The largest absolute Gasteiger partial charge is 0.481 e. The second-order valence-corrected chi connectivity index (χ2v) is 6.04. The number of aryl methyl sites for hydroxylation is 1. The first-order valence-electron chi connectivity index (χ1n) is 8.30. The minimum atomic E-state index is -0.808. The van der Waals surface area contributed by atoms with Gasteiger partial charge in [0.15, 0.2) is 0 Å². The highest BCUT2D eigenvalue weighted by Gasteiger charge is 2.14. The third-order valence-electron chi connectivity index (χ3n) is 4.27. The fourth-order valence-electron chi connectivity index (χ4n) is 3.14. The van der Waals surface area contributed by atoms with Crippen LogP contribution in [0.2, 0.25) is 0 Å². The molecule has 2 aromatic carbocycles. The Kier molecular flexibility index (Phi) is 4.96. The summed E-state index contributed by atoms with van der Waals surface area (Å²) in [6.45, 7) is 0.688. The number of aromatic nitrogens is 1. The van der Waals surface area contributed by atoms with E-state index in [2.05, 4.69) is 17.1 Å². The normalized spacial score (nSPS) is 11.0. The summed E-state index contributed by atoms with van der Waals surface area (Å²) < 4.78 is 0. The number of hydrogen-bond donors (Lipinski definition) is 3. The molecule has 4 N–H and O–H groups in total. The van der Waals surface area contributed by atoms with Gasteiger partial charge in [0.2, 0.25) is 0 Å². The first-order chi connectivity index (χ1) is 11.7. The SMILES string of the molecule is NCCCCc1c(-c2ccccc2)[nH]c2ccc(CC(=O)O)cc12. The van der Waals surface area contributed by atoms with Crippen molar-refractivity contribution in [2.45, 2.75) is 25.7 Å². The van der Waals surface area contributed by atoms with Crippen molar-refractivity contribution in [2.24, 2.45) is 5.73 Å². The highest BCUT2D eigenvalue weighted by molar-refractivity contribution is 5.91. The number of carboxylic acid groups (broad SMARTS) is 1. The van der Waals surface area contributed by atoms with E-state index in [1.54, 1.807) is 0 Å². The van der Waals surface area contributed by atoms with E-state index in [1.165, 1.54) is 5.56 Å². The first kappa shape index (κ1) is 16.3. The van der Waals surface area contributed by atoms with E-state index in [-0.39, 0.29) is 6.42 Å². The van der Waals surface area contributed by atoms with Crippen LogP contribution in [0.25, 0.3) is 22.2 Å². The van der Waals surface area contributed by atoms with Crippen LogP contribution in [-0.2, 0) is 17.6 Å². The van der Waals surface area contributed by atoms with Crippen molar-refractivity contribution in [3.05, 3.63) is 59.7 Å². The molecule has 4 nitrogen and oxygen atoms in total. The maximum atomic E-state index is 11.0. The Balaban J connectivity index is 2.08. The molecule has 0 saturated carbocycles. The molecule has 4 heteroatoms. The zero-order chi connectivity index (χ0) is 16.9. The fraction of sp³-hybridized carbons (Fsp3) is 0.250. The molecule has 1 heterocycles. The lowest BCUT2D eigenvalue weighted by Crippen LogP contribution is -2.00. The smallest absolute Gasteiger partial charge is 0.307 e. The summed E-state index contributed by atoms with van der Waals surface area (Å²) in [5.41, 5.74) is 11.0. The molecule has 0 unspecified atom stereocenters. The molecule has 124 valence electrons. The summed E-state index contributed by atoms with van der Waals surface area (Å²) in [5.74, 6) is -0.808. The standard InChI is InChI=1S/C20H22N2O2/c21-11-5-4-8-16-17-12-14(13-19(23)24)9-10-18(17)22-20(16)15-6-2-1-3-7-15/h1-3,6-7,9-10,12,22H,4-5,8,11,13,21H2,(H,23,24). The molecule has 0 aliphatic carbocycles. The molecular weight excluding hydrogens is 300 g/mol. The molecule has 0 bridgehead atoms. The maximum absolute atomic E-state index is 11.0. The van der Waals surface area contributed by atoms with Crippen molar-refractivity contribution in [3.8, 4) is 11.3 Å². The van der Waals surface area contributed by atoms with Crippen LogP contribution in [0.3, 0.4) is 0 Å². The Morgan fingerprint density at radius 2 is 1.88 bits per heavy atom. The lowest BCUT2D eigenvalue weighted by atomic mass is 9.99. The predicted molar refractivity (Wildman–Crippen MR) is 97.1 cm³/mol. The molecule has 3 rings (SSSR count). The van der Waals surface area contributed by atoms with Gasteiger partial charge in [0.25, 0.3) is 0 Å². The molecule has 0 aliphatic heterocycles. The highest BCUT2D eigenvalue weighted by atomic mass is 16.4. The van der Waals surface area contributed by atoms with Crippen LogP contribution in [0.4, 0.5) is 0 Å². The Morgan fingerprint density at radius 1 is 1.08 bits per heavy atom. The Bertz CT molecular complexity index is 837. The quantitative estimate of drug-likeness (QED) is 0.580. The number of fused-ring (bicyclic) bond motifs is 1. The van der Waals surface area contributed by atoms with Crippen molar-refractivity contribution in [2.75, 3.05) is 6.54 Å². The number of benzene rings is 2. The Labute approximate surface area is 141 Å². The van der Waals surface area contributed by atoms with Crippen LogP contribution in [0.15, 0.2) is 48.5 Å². The number of hydrogen-bond acceptors (Lipinski definition) is 2. The van der Waals surface area contributed by atoms with Crippen LogP contribution in [0.1, 0.15) is 24.0 Å². The number of aromatic amines is 1. The van der Waals surface area contributed by atoms with Crippen molar-refractivity contribution in [1.29, 1.82) is 0 Å². The van der Waals surface area contributed by atoms with Gasteiger partial charge in [-0.25, -0.2) is 0 Å². The van der Waals surface area contributed by atoms with E-state index in [9.17, 15) is 4.79 Å². The van der Waals surface area contributed by atoms with E-state index in [0.717, 1.165) is 47.0 Å². The molecule has 0 atom stereocenters. The topological polar surface area (TPSA) is 79.1 Å². The van der Waals surface area contributed by atoms with Gasteiger partial charge >= 0.3 is 5.97 Å². The number of nitrogens with two attached hydrogens (primary N) is 1. The van der Waals surface area contributed by atoms with Gasteiger partial charge in [0, 0.05) is 16.6 Å². The van der Waals surface area contributed by atoms with Crippen molar-refractivity contribution >= 4 is 16.9 Å². The number of unbranched alkanes of at least 4 members (excludes halogenated alkanes) is 1. The summed E-state index contributed by atoms with van der Waals surface area (Å²) in [5, 5.41) is 10.2. The molecule has 0 radical (unpaired) electrons. The van der Waals surface area contributed by atoms with Gasteiger partial charge in [-0.1, -0.05) is 36.4 Å². The van der Waals surface area contributed by atoms with Gasteiger partial charge in [-0.3, -0.25) is 4.79 Å². The molecule has 3 aromatic rings. The second kappa shape index (κ2) is 7.32. The van der Waals surface area contributed by atoms with E-state index < -0.39 is 5.97 Å². The Morgan fingerprint density at radius 3 is 2.58 bits per heavy atom. The van der Waals surface area contributed by atoms with E-state index >= 15 is 0 Å². The van der Waals surface area contributed by atoms with Crippen LogP contribution in [0.5, 0.6) is 0 Å². The fourth-order valence-corrected chi connectivity index (χ4v) is 3.14. The van der Waals surface area contributed by atoms with Crippen molar-refractivity contribution in [1.82, 2.24) is 4.98 Å². The summed E-state index contributed by atoms with van der Waals surface area (Å²) in [6, 6.07) is 16.1. The monoisotopic (exact) mass is 322 g/mol. The molecule has 0 amide bonds. The molecular formula is C20H22N2O2. The summed E-state index contributed by atoms with van der Waals surface area (Å²) >= 11 is 0. The number of carboxylic acids is 1. The molecule has 0 aliphatic rings. The molecule has 24 heavy (non-hydrogen) atoms. The third-order valence-corrected chi connectivity index (χ3v) is 4.27. The van der Waals surface area contributed by atoms with E-state index in [0.29, 0.717) is 6.54 Å². The molecule has 0 spiro atoms. The number of aliphatic carboxylic acids is 1. The number of carbonyl (C=O) groups is 1. The predicted octanol–water partition coefficient (Wildman–Crippen LogP) is 3.74. The van der Waals surface area contributed by atoms with Gasteiger partial charge in [-0.2, -0.15) is 0 Å². The van der Waals surface area contributed by atoms with Crippen LogP contribution < -0.4 is 5.73 Å². The third kappa shape index (κ3) is 3.49. The molecule has 0 saturated heterocycles. The van der Waals surface area contributed by atoms with Gasteiger partial charge in [-0.05, 0) is 54.6 Å². The molecule has 0 fully saturated rings. The average Bonchev–Trinajstić information content (AvgIpc) is 2.94. The summed E-state index contributed by atoms with van der Waals surface area (Å²) in [4.78, 5) is 14.5. The number of rotatable bonds is 7. The van der Waals surface area contributed by atoms with Crippen molar-refractivity contribution in [3.63, 3.8) is 0 Å². The van der Waals surface area contributed by atoms with Crippen molar-refractivity contribution < 1.29 is 9.90 Å². The van der Waals surface area contributed by atoms with Crippen LogP contribution in [-0.4, -0.2) is 22.6 Å². The average molecular weight is 322 g/mol. The van der Waals surface area contributed by atoms with Gasteiger partial charge in [-0.15, -0.1) is 0 Å². The second-order valence-electron chi connectivity index (χ2n) is 6.04. The lowest BCUT2D eigenvalue weighted by Gasteiger charge is -2.05.